The minimum absolute atomic E-state index is 0.136. The lowest BCUT2D eigenvalue weighted by atomic mass is 10.1. The molecule has 0 aliphatic carbocycles. The van der Waals surface area contributed by atoms with Gasteiger partial charge >= 0.3 is 0 Å². The number of benzene rings is 3. The molecule has 1 amide bonds. The lowest BCUT2D eigenvalue weighted by Gasteiger charge is -2.09. The van der Waals surface area contributed by atoms with Crippen LogP contribution in [-0.2, 0) is 6.54 Å². The van der Waals surface area contributed by atoms with E-state index in [0.717, 1.165) is 44.1 Å². The molecule has 0 unspecified atom stereocenters. The number of carbonyl (C=O) groups excluding carboxylic acids is 1. The summed E-state index contributed by atoms with van der Waals surface area (Å²) in [5.74, 6) is 1.31. The number of hydrogen-bond donors (Lipinski definition) is 1. The highest BCUT2D eigenvalue weighted by Gasteiger charge is 2.19. The molecule has 0 saturated carbocycles. The topological polar surface area (TPSA) is 59.9 Å². The Hall–Kier alpha value is -2.77. The van der Waals surface area contributed by atoms with Gasteiger partial charge in [0, 0.05) is 37.6 Å². The summed E-state index contributed by atoms with van der Waals surface area (Å²) >= 11 is 5.24. The number of halogens is 1. The van der Waals surface area contributed by atoms with E-state index in [2.05, 4.69) is 40.3 Å². The van der Waals surface area contributed by atoms with E-state index in [0.29, 0.717) is 17.9 Å². The molecule has 2 heterocycles. The summed E-state index contributed by atoms with van der Waals surface area (Å²) in [6.07, 6.45) is 0.810. The van der Waals surface area contributed by atoms with Gasteiger partial charge in [-0.3, -0.25) is 9.79 Å². The molecule has 0 spiro atoms. The SMILES string of the molecule is CCC1=Nc2cc(C(=O)NCc3ccc4c(c3)OCO4)ccc2Sc2ccc(Br)cc21. The number of nitrogens with one attached hydrogen (secondary N) is 1. The van der Waals surface area contributed by atoms with Gasteiger partial charge in [-0.15, -0.1) is 0 Å². The number of carbonyl (C=O) groups is 1. The summed E-state index contributed by atoms with van der Waals surface area (Å²) < 4.78 is 11.8. The number of amides is 1. The van der Waals surface area contributed by atoms with E-state index in [-0.39, 0.29) is 12.7 Å². The molecule has 31 heavy (non-hydrogen) atoms. The normalized spacial score (nSPS) is 13.7. The van der Waals surface area contributed by atoms with E-state index in [4.69, 9.17) is 14.5 Å². The second-order valence-electron chi connectivity index (χ2n) is 7.21. The molecule has 156 valence electrons. The zero-order valence-corrected chi connectivity index (χ0v) is 19.2. The predicted molar refractivity (Wildman–Crippen MR) is 125 cm³/mol. The van der Waals surface area contributed by atoms with Crippen molar-refractivity contribution in [1.82, 2.24) is 5.32 Å². The van der Waals surface area contributed by atoms with E-state index < -0.39 is 0 Å². The Labute approximate surface area is 193 Å². The molecule has 0 fully saturated rings. The molecule has 5 rings (SSSR count). The fourth-order valence-electron chi connectivity index (χ4n) is 3.58. The molecule has 2 aliphatic rings. The van der Waals surface area contributed by atoms with Crippen LogP contribution in [0.15, 0.2) is 73.9 Å². The summed E-state index contributed by atoms with van der Waals surface area (Å²) in [5, 5.41) is 2.98. The average molecular weight is 495 g/mol. The third-order valence-electron chi connectivity index (χ3n) is 5.17. The summed E-state index contributed by atoms with van der Waals surface area (Å²) in [4.78, 5) is 19.9. The number of aliphatic imine (C=N–C) groups is 1. The average Bonchev–Trinajstić information content (AvgIpc) is 3.19. The molecule has 0 saturated heterocycles. The zero-order chi connectivity index (χ0) is 21.4. The van der Waals surface area contributed by atoms with Gasteiger partial charge in [-0.1, -0.05) is 40.7 Å². The van der Waals surface area contributed by atoms with Crippen LogP contribution in [0.3, 0.4) is 0 Å². The molecule has 5 nitrogen and oxygen atoms in total. The van der Waals surface area contributed by atoms with Gasteiger partial charge < -0.3 is 14.8 Å². The Bertz CT molecular complexity index is 1230. The lowest BCUT2D eigenvalue weighted by Crippen LogP contribution is -2.22. The van der Waals surface area contributed by atoms with E-state index in [9.17, 15) is 4.79 Å². The quantitative estimate of drug-likeness (QED) is 0.475. The largest absolute Gasteiger partial charge is 0.454 e. The number of fused-ring (bicyclic) bond motifs is 3. The van der Waals surface area contributed by atoms with E-state index in [1.54, 1.807) is 11.8 Å². The molecular weight excluding hydrogens is 476 g/mol. The number of nitrogens with zero attached hydrogens (tertiary/aromatic N) is 1. The van der Waals surface area contributed by atoms with Crippen molar-refractivity contribution in [2.45, 2.75) is 29.7 Å². The minimum Gasteiger partial charge on any atom is -0.454 e. The summed E-state index contributed by atoms with van der Waals surface area (Å²) in [7, 11) is 0. The van der Waals surface area contributed by atoms with Crippen LogP contribution < -0.4 is 14.8 Å². The molecule has 0 radical (unpaired) electrons. The zero-order valence-electron chi connectivity index (χ0n) is 16.8. The third-order valence-corrected chi connectivity index (χ3v) is 6.81. The second kappa shape index (κ2) is 8.40. The van der Waals surface area contributed by atoms with E-state index in [1.165, 1.54) is 4.90 Å². The maximum Gasteiger partial charge on any atom is 0.251 e. The predicted octanol–water partition coefficient (Wildman–Crippen LogP) is 6.10. The maximum absolute atomic E-state index is 12.8. The molecule has 0 atom stereocenters. The van der Waals surface area contributed by atoms with Crippen molar-refractivity contribution in [2.24, 2.45) is 4.99 Å². The van der Waals surface area contributed by atoms with Crippen molar-refractivity contribution >= 4 is 45.0 Å². The minimum atomic E-state index is -0.136. The first-order valence-electron chi connectivity index (χ1n) is 9.97. The summed E-state index contributed by atoms with van der Waals surface area (Å²) in [6, 6.07) is 17.6. The van der Waals surface area contributed by atoms with Crippen LogP contribution in [0.25, 0.3) is 0 Å². The standard InChI is InChI=1S/C24H19BrN2O3S/c1-2-18-17-11-16(25)5-8-22(17)31-23-7-4-15(10-19(23)27-18)24(28)26-12-14-3-6-20-21(9-14)30-13-29-20/h3-11H,2,12-13H2,1H3,(H,26,28). The Morgan fingerprint density at radius 1 is 1.06 bits per heavy atom. The van der Waals surface area contributed by atoms with Crippen LogP contribution in [0, 0.1) is 0 Å². The number of ether oxygens (including phenoxy) is 2. The molecule has 7 heteroatoms. The van der Waals surface area contributed by atoms with Crippen LogP contribution in [0.2, 0.25) is 0 Å². The number of hydrogen-bond acceptors (Lipinski definition) is 5. The first-order chi connectivity index (χ1) is 15.1. The highest BCUT2D eigenvalue weighted by molar-refractivity contribution is 9.10. The smallest absolute Gasteiger partial charge is 0.251 e. The van der Waals surface area contributed by atoms with Crippen LogP contribution in [-0.4, -0.2) is 18.4 Å². The highest BCUT2D eigenvalue weighted by Crippen LogP contribution is 2.42. The summed E-state index contributed by atoms with van der Waals surface area (Å²) in [6.45, 7) is 2.74. The van der Waals surface area contributed by atoms with Gasteiger partial charge in [-0.2, -0.15) is 0 Å². The maximum atomic E-state index is 12.8. The van der Waals surface area contributed by atoms with Gasteiger partial charge in [0.15, 0.2) is 11.5 Å². The van der Waals surface area contributed by atoms with Gasteiger partial charge in [0.1, 0.15) is 0 Å². The molecule has 0 bridgehead atoms. The van der Waals surface area contributed by atoms with Crippen LogP contribution in [0.4, 0.5) is 5.69 Å². The van der Waals surface area contributed by atoms with Gasteiger partial charge in [0.05, 0.1) is 5.69 Å². The van der Waals surface area contributed by atoms with Crippen molar-refractivity contribution in [3.63, 3.8) is 0 Å². The van der Waals surface area contributed by atoms with Crippen molar-refractivity contribution < 1.29 is 14.3 Å². The van der Waals surface area contributed by atoms with Crippen molar-refractivity contribution in [3.05, 3.63) is 75.8 Å². The fraction of sp³-hybridized carbons (Fsp3) is 0.167. The van der Waals surface area contributed by atoms with Crippen LogP contribution in [0.1, 0.15) is 34.8 Å². The summed E-state index contributed by atoms with van der Waals surface area (Å²) in [5.41, 5.74) is 4.51. The van der Waals surface area contributed by atoms with Crippen LogP contribution >= 0.6 is 27.7 Å². The Morgan fingerprint density at radius 3 is 2.77 bits per heavy atom. The fourth-order valence-corrected chi connectivity index (χ4v) is 4.94. The Morgan fingerprint density at radius 2 is 1.90 bits per heavy atom. The van der Waals surface area contributed by atoms with Gasteiger partial charge in [0.2, 0.25) is 6.79 Å². The first kappa shape index (κ1) is 20.2. The Balaban J connectivity index is 1.38. The molecule has 1 N–H and O–H groups in total. The molecule has 2 aliphatic heterocycles. The molecule has 3 aromatic carbocycles. The molecule has 3 aromatic rings. The molecular formula is C24H19BrN2O3S. The van der Waals surface area contributed by atoms with E-state index >= 15 is 0 Å². The van der Waals surface area contributed by atoms with Crippen LogP contribution in [0.5, 0.6) is 11.5 Å². The first-order valence-corrected chi connectivity index (χ1v) is 11.6. The van der Waals surface area contributed by atoms with Crippen molar-refractivity contribution in [3.8, 4) is 11.5 Å². The third kappa shape index (κ3) is 4.07. The second-order valence-corrected chi connectivity index (χ2v) is 9.21. The van der Waals surface area contributed by atoms with Crippen molar-refractivity contribution in [1.29, 1.82) is 0 Å². The highest BCUT2D eigenvalue weighted by atomic mass is 79.9. The number of rotatable bonds is 4. The van der Waals surface area contributed by atoms with E-state index in [1.807, 2.05) is 42.5 Å². The van der Waals surface area contributed by atoms with Gasteiger partial charge in [0.25, 0.3) is 5.91 Å². The van der Waals surface area contributed by atoms with Gasteiger partial charge in [-0.05, 0) is 60.5 Å². The monoisotopic (exact) mass is 494 g/mol. The van der Waals surface area contributed by atoms with Gasteiger partial charge in [-0.25, -0.2) is 0 Å². The lowest BCUT2D eigenvalue weighted by molar-refractivity contribution is 0.0951. The molecule has 0 aromatic heterocycles. The van der Waals surface area contributed by atoms with Crippen molar-refractivity contribution in [2.75, 3.05) is 6.79 Å². The Kier molecular flexibility index (Phi) is 5.46.